The number of nitrogens with zero attached hydrogens (tertiary/aromatic N) is 1. The molecule has 0 aromatic carbocycles. The zero-order chi connectivity index (χ0) is 34.3. The minimum Gasteiger partial charge on any atom is -0.477 e. The van der Waals surface area contributed by atoms with E-state index < -0.39 is 24.3 Å². The fourth-order valence-corrected chi connectivity index (χ4v) is 4.81. The van der Waals surface area contributed by atoms with Crippen LogP contribution in [0.5, 0.6) is 0 Å². The zero-order valence-electron chi connectivity index (χ0n) is 30.2. The van der Waals surface area contributed by atoms with E-state index in [4.69, 9.17) is 18.9 Å². The first-order valence-electron chi connectivity index (χ1n) is 18.4. The number of carbonyl (C=O) groups is 3. The van der Waals surface area contributed by atoms with Crippen LogP contribution >= 0.6 is 0 Å². The summed E-state index contributed by atoms with van der Waals surface area (Å²) in [5.41, 5.74) is 0. The summed E-state index contributed by atoms with van der Waals surface area (Å²) in [4.78, 5) is 36.7. The van der Waals surface area contributed by atoms with Crippen LogP contribution in [0.1, 0.15) is 149 Å². The van der Waals surface area contributed by atoms with Crippen LogP contribution in [-0.2, 0) is 33.3 Å². The Hall–Kier alpha value is -1.97. The largest absolute Gasteiger partial charge is 0.477 e. The van der Waals surface area contributed by atoms with Crippen LogP contribution in [0, 0.1) is 0 Å². The number of quaternary nitrogens is 1. The van der Waals surface area contributed by atoms with Gasteiger partial charge in [0.1, 0.15) is 13.2 Å². The SMILES string of the molecule is CCCC/C=C\CCCCCCCC(=O)OC(COC(=O)CCCCCCCCCCCC)COC(OCC[N+](C)(C)C)C(=O)O. The van der Waals surface area contributed by atoms with Gasteiger partial charge in [-0.2, -0.15) is 0 Å². The summed E-state index contributed by atoms with van der Waals surface area (Å²) in [6.45, 7) is 4.78. The number of ether oxygens (including phenoxy) is 4. The summed E-state index contributed by atoms with van der Waals surface area (Å²) in [6.07, 6.45) is 24.2. The molecular weight excluding hydrogens is 586 g/mol. The minimum atomic E-state index is -1.50. The van der Waals surface area contributed by atoms with Crippen molar-refractivity contribution in [3.05, 3.63) is 12.2 Å². The van der Waals surface area contributed by atoms with E-state index in [1.807, 2.05) is 21.1 Å². The minimum absolute atomic E-state index is 0.181. The lowest BCUT2D eigenvalue weighted by Crippen LogP contribution is -2.40. The Morgan fingerprint density at radius 1 is 0.630 bits per heavy atom. The van der Waals surface area contributed by atoms with E-state index in [-0.39, 0.29) is 32.2 Å². The average molecular weight is 657 g/mol. The predicted octanol–water partition coefficient (Wildman–Crippen LogP) is 8.38. The first kappa shape index (κ1) is 44.0. The van der Waals surface area contributed by atoms with Crippen molar-refractivity contribution in [1.29, 1.82) is 0 Å². The molecule has 270 valence electrons. The summed E-state index contributed by atoms with van der Waals surface area (Å²) in [6, 6.07) is 0. The number of carbonyl (C=O) groups excluding carboxylic acids is 2. The van der Waals surface area contributed by atoms with Crippen molar-refractivity contribution >= 4 is 17.9 Å². The average Bonchev–Trinajstić information content (AvgIpc) is 3.00. The van der Waals surface area contributed by atoms with E-state index in [1.165, 1.54) is 57.8 Å². The van der Waals surface area contributed by atoms with E-state index in [0.717, 1.165) is 57.8 Å². The van der Waals surface area contributed by atoms with Gasteiger partial charge in [0.25, 0.3) is 6.29 Å². The Morgan fingerprint density at radius 3 is 1.67 bits per heavy atom. The molecule has 1 N–H and O–H groups in total. The van der Waals surface area contributed by atoms with Crippen molar-refractivity contribution in [2.75, 3.05) is 47.5 Å². The Balaban J connectivity index is 4.58. The van der Waals surface area contributed by atoms with Crippen LogP contribution in [0.4, 0.5) is 0 Å². The quantitative estimate of drug-likeness (QED) is 0.0247. The standard InChI is InChI=1S/C37H69NO8/c1-6-8-10-12-14-16-18-20-22-24-26-28-35(40)46-33(32-45-37(36(41)42)43-30-29-38(3,4)5)31-44-34(39)27-25-23-21-19-17-15-13-11-9-7-2/h12,14,33,37H,6-11,13,15-32H2,1-5H3/p+1/b14-12-. The number of hydrogen-bond donors (Lipinski definition) is 1. The van der Waals surface area contributed by atoms with Crippen molar-refractivity contribution in [2.45, 2.75) is 161 Å². The smallest absolute Gasteiger partial charge is 0.361 e. The zero-order valence-corrected chi connectivity index (χ0v) is 30.2. The monoisotopic (exact) mass is 657 g/mol. The fraction of sp³-hybridized carbons (Fsp3) is 0.865. The molecule has 0 saturated heterocycles. The van der Waals surface area contributed by atoms with E-state index in [9.17, 15) is 19.5 Å². The van der Waals surface area contributed by atoms with Gasteiger partial charge in [-0.15, -0.1) is 0 Å². The number of aliphatic carboxylic acids is 1. The van der Waals surface area contributed by atoms with Gasteiger partial charge in [-0.1, -0.05) is 116 Å². The molecule has 0 aromatic rings. The highest BCUT2D eigenvalue weighted by Gasteiger charge is 2.25. The molecular formula is C37H70NO8+. The third kappa shape index (κ3) is 30.7. The molecule has 0 bridgehead atoms. The Bertz CT molecular complexity index is 780. The van der Waals surface area contributed by atoms with Gasteiger partial charge >= 0.3 is 17.9 Å². The van der Waals surface area contributed by atoms with Gasteiger partial charge in [-0.3, -0.25) is 9.59 Å². The van der Waals surface area contributed by atoms with Gasteiger partial charge in [0.15, 0.2) is 6.10 Å². The predicted molar refractivity (Wildman–Crippen MR) is 185 cm³/mol. The molecule has 0 rings (SSSR count). The number of esters is 2. The molecule has 0 amide bonds. The van der Waals surface area contributed by atoms with Crippen LogP contribution in [-0.4, -0.2) is 87.4 Å². The normalized spacial score (nSPS) is 13.2. The molecule has 0 radical (unpaired) electrons. The number of rotatable bonds is 33. The van der Waals surface area contributed by atoms with Crippen LogP contribution in [0.3, 0.4) is 0 Å². The molecule has 0 aromatic heterocycles. The fourth-order valence-electron chi connectivity index (χ4n) is 4.81. The van der Waals surface area contributed by atoms with Crippen LogP contribution in [0.2, 0.25) is 0 Å². The third-order valence-corrected chi connectivity index (χ3v) is 7.77. The lowest BCUT2D eigenvalue weighted by atomic mass is 10.1. The highest BCUT2D eigenvalue weighted by molar-refractivity contribution is 5.71. The molecule has 9 heteroatoms. The molecule has 0 aliphatic heterocycles. The molecule has 46 heavy (non-hydrogen) atoms. The number of carboxylic acid groups (broad SMARTS) is 1. The summed E-state index contributed by atoms with van der Waals surface area (Å²) in [5.74, 6) is -2.02. The van der Waals surface area contributed by atoms with Crippen LogP contribution in [0.25, 0.3) is 0 Å². The highest BCUT2D eigenvalue weighted by Crippen LogP contribution is 2.13. The lowest BCUT2D eigenvalue weighted by Gasteiger charge is -2.25. The topological polar surface area (TPSA) is 108 Å². The van der Waals surface area contributed by atoms with Crippen LogP contribution in [0.15, 0.2) is 12.2 Å². The van der Waals surface area contributed by atoms with Gasteiger partial charge in [-0.25, -0.2) is 4.79 Å². The van der Waals surface area contributed by atoms with Crippen molar-refractivity contribution in [1.82, 2.24) is 0 Å². The first-order valence-corrected chi connectivity index (χ1v) is 18.4. The van der Waals surface area contributed by atoms with Gasteiger partial charge in [0, 0.05) is 12.8 Å². The summed E-state index contributed by atoms with van der Waals surface area (Å²) in [5, 5.41) is 9.56. The molecule has 0 saturated carbocycles. The second-order valence-electron chi connectivity index (χ2n) is 13.5. The Morgan fingerprint density at radius 2 is 1.13 bits per heavy atom. The lowest BCUT2D eigenvalue weighted by molar-refractivity contribution is -0.870. The highest BCUT2D eigenvalue weighted by atomic mass is 16.7. The summed E-state index contributed by atoms with van der Waals surface area (Å²) < 4.78 is 22.5. The van der Waals surface area contributed by atoms with Gasteiger partial charge < -0.3 is 28.5 Å². The van der Waals surface area contributed by atoms with E-state index in [0.29, 0.717) is 23.9 Å². The second-order valence-corrected chi connectivity index (χ2v) is 13.5. The Kier molecular flexibility index (Phi) is 29.1. The van der Waals surface area contributed by atoms with Crippen molar-refractivity contribution in [2.24, 2.45) is 0 Å². The summed E-state index contributed by atoms with van der Waals surface area (Å²) >= 11 is 0. The molecule has 9 nitrogen and oxygen atoms in total. The maximum Gasteiger partial charge on any atom is 0.361 e. The maximum atomic E-state index is 12.6. The molecule has 0 fully saturated rings. The van der Waals surface area contributed by atoms with Gasteiger partial charge in [0.2, 0.25) is 0 Å². The van der Waals surface area contributed by atoms with Crippen molar-refractivity contribution in [3.8, 4) is 0 Å². The number of allylic oxidation sites excluding steroid dienone is 2. The molecule has 2 atom stereocenters. The van der Waals surface area contributed by atoms with E-state index >= 15 is 0 Å². The number of carboxylic acids is 1. The summed E-state index contributed by atoms with van der Waals surface area (Å²) in [7, 11) is 5.94. The number of unbranched alkanes of at least 4 members (excludes halogenated alkanes) is 16. The van der Waals surface area contributed by atoms with Crippen LogP contribution < -0.4 is 0 Å². The number of hydrogen-bond acceptors (Lipinski definition) is 7. The van der Waals surface area contributed by atoms with Gasteiger partial charge in [-0.05, 0) is 32.1 Å². The molecule has 0 heterocycles. The first-order chi connectivity index (χ1) is 22.1. The van der Waals surface area contributed by atoms with Crippen molar-refractivity contribution in [3.63, 3.8) is 0 Å². The molecule has 2 unspecified atom stereocenters. The second kappa shape index (κ2) is 30.4. The Labute approximate surface area is 281 Å². The van der Waals surface area contributed by atoms with E-state index in [2.05, 4.69) is 26.0 Å². The molecule has 0 spiro atoms. The maximum absolute atomic E-state index is 12.6. The molecule has 0 aliphatic carbocycles. The van der Waals surface area contributed by atoms with Gasteiger partial charge in [0.05, 0.1) is 34.4 Å². The third-order valence-electron chi connectivity index (χ3n) is 7.77. The van der Waals surface area contributed by atoms with E-state index in [1.54, 1.807) is 0 Å². The molecule has 0 aliphatic rings. The number of likely N-dealkylation sites (N-methyl/N-ethyl adjacent to an activating group) is 1. The van der Waals surface area contributed by atoms with Crippen molar-refractivity contribution < 1.29 is 42.9 Å².